The maximum absolute atomic E-state index is 10.9. The quantitative estimate of drug-likeness (QED) is 0.417. The minimum Gasteiger partial charge on any atom is -0.439 e. The summed E-state index contributed by atoms with van der Waals surface area (Å²) in [7, 11) is 1.69. The van der Waals surface area contributed by atoms with Crippen molar-refractivity contribution in [3.05, 3.63) is 0 Å². The standard InChI is InChI=1S/C2H6BFO/c1-5-3-2-4/h3H,2H2,1H3. The predicted octanol–water partition coefficient (Wildman–Crippen LogP) is -0.0887. The lowest BCUT2D eigenvalue weighted by atomic mass is 10.1. The molecule has 0 heterocycles. The Morgan fingerprint density at radius 2 is 2.60 bits per heavy atom. The van der Waals surface area contributed by atoms with Crippen molar-refractivity contribution in [1.29, 1.82) is 0 Å². The molecule has 0 aromatic carbocycles. The minimum atomic E-state index is -0.378. The normalized spacial score (nSPS) is 7.60. The SMILES string of the molecule is COBCF. The second-order valence-electron chi connectivity index (χ2n) is 0.682. The first-order valence-electron chi connectivity index (χ1n) is 1.46. The van der Waals surface area contributed by atoms with Gasteiger partial charge in [0.25, 0.3) is 0 Å². The lowest BCUT2D eigenvalue weighted by molar-refractivity contribution is 0.419. The molecule has 0 spiro atoms. The zero-order chi connectivity index (χ0) is 4.12. The summed E-state index contributed by atoms with van der Waals surface area (Å²) in [6.07, 6.45) is 0. The first-order valence-corrected chi connectivity index (χ1v) is 1.46. The van der Waals surface area contributed by atoms with Crippen molar-refractivity contribution < 1.29 is 9.04 Å². The van der Waals surface area contributed by atoms with E-state index in [9.17, 15) is 4.39 Å². The van der Waals surface area contributed by atoms with Crippen molar-refractivity contribution in [3.63, 3.8) is 0 Å². The molecule has 0 unspecified atom stereocenters. The highest BCUT2D eigenvalue weighted by molar-refractivity contribution is 6.26. The van der Waals surface area contributed by atoms with Crippen molar-refractivity contribution in [2.24, 2.45) is 0 Å². The summed E-state index contributed by atoms with van der Waals surface area (Å²) in [4.78, 5) is 0. The first kappa shape index (κ1) is 4.95. The van der Waals surface area contributed by atoms with Crippen LogP contribution in [0.4, 0.5) is 4.39 Å². The smallest absolute Gasteiger partial charge is 0.306 e. The average Bonchev–Trinajstić information content (AvgIpc) is 1.41. The van der Waals surface area contributed by atoms with Crippen molar-refractivity contribution >= 4 is 7.48 Å². The van der Waals surface area contributed by atoms with Gasteiger partial charge in [-0.1, -0.05) is 0 Å². The zero-order valence-electron chi connectivity index (χ0n) is 3.20. The van der Waals surface area contributed by atoms with E-state index in [1.807, 2.05) is 0 Å². The number of hydrogen-bond donors (Lipinski definition) is 0. The molecule has 0 aromatic heterocycles. The fraction of sp³-hybridized carbons (Fsp3) is 1.00. The third kappa shape index (κ3) is 3.95. The van der Waals surface area contributed by atoms with Crippen molar-refractivity contribution in [2.75, 3.05) is 13.7 Å². The molecule has 0 radical (unpaired) electrons. The summed E-state index contributed by atoms with van der Waals surface area (Å²) < 4.78 is 15.2. The van der Waals surface area contributed by atoms with Gasteiger partial charge in [-0.2, -0.15) is 0 Å². The van der Waals surface area contributed by atoms with Crippen molar-refractivity contribution in [2.45, 2.75) is 0 Å². The Labute approximate surface area is 31.4 Å². The first-order chi connectivity index (χ1) is 2.41. The third-order valence-corrected chi connectivity index (χ3v) is 0.281. The van der Waals surface area contributed by atoms with Crippen molar-refractivity contribution in [3.8, 4) is 0 Å². The van der Waals surface area contributed by atoms with Crippen LogP contribution in [0.1, 0.15) is 0 Å². The molecule has 3 heteroatoms. The molecule has 0 N–H and O–H groups in total. The van der Waals surface area contributed by atoms with Crippen LogP contribution < -0.4 is 0 Å². The molecule has 0 amide bonds. The van der Waals surface area contributed by atoms with E-state index >= 15 is 0 Å². The lowest BCUT2D eigenvalue weighted by Crippen LogP contribution is -1.93. The van der Waals surface area contributed by atoms with Crippen molar-refractivity contribution in [1.82, 2.24) is 0 Å². The number of halogens is 1. The zero-order valence-corrected chi connectivity index (χ0v) is 3.20. The van der Waals surface area contributed by atoms with Crippen LogP contribution in [0.5, 0.6) is 0 Å². The van der Waals surface area contributed by atoms with E-state index in [-0.39, 0.29) is 14.1 Å². The maximum atomic E-state index is 10.9. The monoisotopic (exact) mass is 76.0 g/mol. The van der Waals surface area contributed by atoms with E-state index in [1.54, 1.807) is 0 Å². The fourth-order valence-corrected chi connectivity index (χ4v) is 0.0772. The summed E-state index contributed by atoms with van der Waals surface area (Å²) in [5, 5.41) is 0. The maximum Gasteiger partial charge on any atom is 0.306 e. The van der Waals surface area contributed by atoms with E-state index in [1.165, 1.54) is 7.11 Å². The molecule has 0 aromatic rings. The molecule has 0 bridgehead atoms. The molecule has 0 saturated heterocycles. The molecule has 30 valence electrons. The molecular weight excluding hydrogens is 69.8 g/mol. The van der Waals surface area contributed by atoms with Crippen LogP contribution in [0.3, 0.4) is 0 Å². The molecular formula is C2H6BFO. The van der Waals surface area contributed by atoms with Gasteiger partial charge in [-0.3, -0.25) is 4.39 Å². The molecule has 0 atom stereocenters. The highest BCUT2D eigenvalue weighted by atomic mass is 19.1. The lowest BCUT2D eigenvalue weighted by Gasteiger charge is -1.78. The average molecular weight is 75.9 g/mol. The second-order valence-corrected chi connectivity index (χ2v) is 0.682. The molecule has 0 aliphatic carbocycles. The third-order valence-electron chi connectivity index (χ3n) is 0.281. The summed E-state index contributed by atoms with van der Waals surface area (Å²) in [6, 6.07) is 0. The molecule has 5 heavy (non-hydrogen) atoms. The Kier molecular flexibility index (Phi) is 3.92. The number of hydrogen-bond acceptors (Lipinski definition) is 1. The van der Waals surface area contributed by atoms with Crippen LogP contribution in [0.15, 0.2) is 0 Å². The van der Waals surface area contributed by atoms with Crippen LogP contribution in [0.2, 0.25) is 0 Å². The minimum absolute atomic E-state index is 0.222. The molecule has 0 rings (SSSR count). The summed E-state index contributed by atoms with van der Waals surface area (Å²) in [6.45, 7) is -0.378. The van der Waals surface area contributed by atoms with Gasteiger partial charge >= 0.3 is 7.48 Å². The largest absolute Gasteiger partial charge is 0.439 e. The highest BCUT2D eigenvalue weighted by Crippen LogP contribution is 1.59. The Balaban J connectivity index is 2.19. The molecule has 0 saturated carbocycles. The second kappa shape index (κ2) is 3.95. The number of rotatable bonds is 2. The number of alkyl halides is 1. The van der Waals surface area contributed by atoms with Gasteiger partial charge in [0.1, 0.15) is 0 Å². The summed E-state index contributed by atoms with van der Waals surface area (Å²) in [5.41, 5.74) is 0. The molecule has 0 aliphatic heterocycles. The predicted molar refractivity (Wildman–Crippen MR) is 20.1 cm³/mol. The van der Waals surface area contributed by atoms with Gasteiger partial charge in [0.05, 0.1) is 6.57 Å². The Morgan fingerprint density at radius 1 is 2.00 bits per heavy atom. The van der Waals surface area contributed by atoms with Gasteiger partial charge in [0, 0.05) is 7.11 Å². The van der Waals surface area contributed by atoms with E-state index in [0.717, 1.165) is 0 Å². The van der Waals surface area contributed by atoms with Gasteiger partial charge in [-0.05, 0) is 0 Å². The Morgan fingerprint density at radius 3 is 2.60 bits per heavy atom. The van der Waals surface area contributed by atoms with E-state index in [2.05, 4.69) is 4.65 Å². The van der Waals surface area contributed by atoms with Gasteiger partial charge < -0.3 is 4.65 Å². The Hall–Kier alpha value is -0.0451. The van der Waals surface area contributed by atoms with Gasteiger partial charge in [-0.25, -0.2) is 0 Å². The van der Waals surface area contributed by atoms with Crippen LogP contribution in [0, 0.1) is 0 Å². The summed E-state index contributed by atoms with van der Waals surface area (Å²) in [5.74, 6) is 0. The fourth-order valence-electron chi connectivity index (χ4n) is 0.0772. The van der Waals surface area contributed by atoms with E-state index in [0.29, 0.717) is 0 Å². The highest BCUT2D eigenvalue weighted by Gasteiger charge is 1.77. The van der Waals surface area contributed by atoms with Crippen LogP contribution in [-0.4, -0.2) is 21.2 Å². The van der Waals surface area contributed by atoms with Gasteiger partial charge in [-0.15, -0.1) is 0 Å². The van der Waals surface area contributed by atoms with E-state index < -0.39 is 0 Å². The van der Waals surface area contributed by atoms with E-state index in [4.69, 9.17) is 0 Å². The van der Waals surface area contributed by atoms with Gasteiger partial charge in [0.2, 0.25) is 0 Å². The summed E-state index contributed by atoms with van der Waals surface area (Å²) >= 11 is 0. The molecule has 0 fully saturated rings. The van der Waals surface area contributed by atoms with Crippen LogP contribution in [-0.2, 0) is 4.65 Å². The van der Waals surface area contributed by atoms with Crippen LogP contribution in [0.25, 0.3) is 0 Å². The molecule has 1 nitrogen and oxygen atoms in total. The van der Waals surface area contributed by atoms with Crippen LogP contribution >= 0.6 is 0 Å². The Bertz CT molecular complexity index is 17.1. The topological polar surface area (TPSA) is 9.23 Å². The molecule has 0 aliphatic rings. The van der Waals surface area contributed by atoms with Gasteiger partial charge in [0.15, 0.2) is 0 Å².